The zero-order valence-electron chi connectivity index (χ0n) is 46.2. The fourth-order valence-corrected chi connectivity index (χ4v) is 15.9. The van der Waals surface area contributed by atoms with Gasteiger partial charge in [-0.25, -0.2) is 0 Å². The number of aryl methyl sites for hydroxylation is 1. The molecule has 0 fully saturated rings. The first-order valence-corrected chi connectivity index (χ1v) is 28.2. The predicted octanol–water partition coefficient (Wildman–Crippen LogP) is 17.5. The van der Waals surface area contributed by atoms with Gasteiger partial charge in [0.25, 0.3) is 6.71 Å². The van der Waals surface area contributed by atoms with Crippen LogP contribution in [0.25, 0.3) is 32.0 Å². The third-order valence-corrected chi connectivity index (χ3v) is 20.6. The van der Waals surface area contributed by atoms with Crippen molar-refractivity contribution in [2.75, 3.05) is 9.80 Å². The van der Waals surface area contributed by atoms with Gasteiger partial charge in [0.2, 0.25) is 0 Å². The normalized spacial score (nSPS) is 20.5. The average Bonchev–Trinajstić information content (AvgIpc) is 3.88. The maximum atomic E-state index is 7.04. The lowest BCUT2D eigenvalue weighted by molar-refractivity contribution is 0.332. The number of furan rings is 1. The minimum Gasteiger partial charge on any atom is -0.456 e. The van der Waals surface area contributed by atoms with E-state index in [2.05, 4.69) is 223 Å². The van der Waals surface area contributed by atoms with Gasteiger partial charge >= 0.3 is 0 Å². The molecule has 2 aliphatic heterocycles. The van der Waals surface area contributed by atoms with E-state index in [0.717, 1.165) is 17.6 Å². The van der Waals surface area contributed by atoms with E-state index in [1.807, 2.05) is 0 Å². The van der Waals surface area contributed by atoms with Gasteiger partial charge in [0, 0.05) is 48.6 Å². The number of hydrogen-bond donors (Lipinski definition) is 0. The van der Waals surface area contributed by atoms with Crippen LogP contribution in [0.4, 0.5) is 34.1 Å². The number of anilines is 6. The molecular weight excluding hydrogens is 892 g/mol. The molecule has 5 aliphatic rings. The monoisotopic (exact) mass is 967 g/mol. The van der Waals surface area contributed by atoms with Gasteiger partial charge in [-0.3, -0.25) is 0 Å². The lowest BCUT2D eigenvalue weighted by Crippen LogP contribution is -2.61. The Bertz CT molecular complexity index is 3670. The molecule has 0 atom stereocenters. The van der Waals surface area contributed by atoms with E-state index in [4.69, 9.17) is 4.42 Å². The summed E-state index contributed by atoms with van der Waals surface area (Å²) in [6, 6.07) is 37.0. The number of benzene rings is 6. The Balaban J connectivity index is 1.18. The molecule has 0 N–H and O–H groups in total. The van der Waals surface area contributed by atoms with Crippen LogP contribution in [-0.2, 0) is 37.9 Å². The second-order valence-electron chi connectivity index (χ2n) is 28.2. The van der Waals surface area contributed by atoms with Gasteiger partial charge in [-0.15, -0.1) is 11.3 Å². The van der Waals surface area contributed by atoms with E-state index in [9.17, 15) is 0 Å². The summed E-state index contributed by atoms with van der Waals surface area (Å²) in [5.41, 5.74) is 24.4. The van der Waals surface area contributed by atoms with Crippen molar-refractivity contribution in [1.29, 1.82) is 0 Å². The lowest BCUT2D eigenvalue weighted by Gasteiger charge is -2.47. The summed E-state index contributed by atoms with van der Waals surface area (Å²) in [6.45, 7) is 39.1. The molecule has 0 amide bonds. The fraction of sp³-hybridized carbons (Fsp3) is 0.433. The Morgan fingerprint density at radius 3 is 1.68 bits per heavy atom. The first-order valence-electron chi connectivity index (χ1n) is 27.3. The second-order valence-corrected chi connectivity index (χ2v) is 29.3. The molecule has 0 bridgehead atoms. The van der Waals surface area contributed by atoms with Crippen molar-refractivity contribution in [3.8, 4) is 0 Å². The van der Waals surface area contributed by atoms with E-state index in [1.54, 1.807) is 0 Å². The van der Waals surface area contributed by atoms with Crippen LogP contribution < -0.4 is 25.5 Å². The third kappa shape index (κ3) is 6.40. The highest BCUT2D eigenvalue weighted by Gasteiger charge is 2.49. The van der Waals surface area contributed by atoms with Gasteiger partial charge in [0.1, 0.15) is 11.2 Å². The molecule has 0 unspecified atom stereocenters. The summed E-state index contributed by atoms with van der Waals surface area (Å²) in [6.07, 6.45) is 7.09. The molecule has 0 radical (unpaired) electrons. The Morgan fingerprint density at radius 1 is 0.514 bits per heavy atom. The molecule has 0 saturated carbocycles. The van der Waals surface area contributed by atoms with Crippen LogP contribution in [0.2, 0.25) is 0 Å². The Kier molecular flexibility index (Phi) is 9.39. The largest absolute Gasteiger partial charge is 0.456 e. The molecule has 4 heterocycles. The van der Waals surface area contributed by atoms with Crippen molar-refractivity contribution < 1.29 is 4.42 Å². The van der Waals surface area contributed by atoms with Gasteiger partial charge in [0.05, 0.1) is 16.8 Å². The first-order chi connectivity index (χ1) is 33.7. The molecule has 0 spiro atoms. The van der Waals surface area contributed by atoms with Crippen molar-refractivity contribution in [2.45, 2.75) is 187 Å². The number of nitrogens with zero attached hydrogens (tertiary/aromatic N) is 2. The minimum absolute atomic E-state index is 0.0269. The molecule has 13 rings (SSSR count). The van der Waals surface area contributed by atoms with Crippen LogP contribution in [0.15, 0.2) is 95.4 Å². The molecule has 5 heteroatoms. The van der Waals surface area contributed by atoms with Crippen LogP contribution in [0.3, 0.4) is 0 Å². The van der Waals surface area contributed by atoms with Crippen molar-refractivity contribution in [2.24, 2.45) is 0 Å². The predicted molar refractivity (Wildman–Crippen MR) is 312 cm³/mol. The standard InChI is InChI=1S/C67H75BN2OS/c1-38-31-52-57-53(32-38)70(50-21-18-22-54-56(50)40-19-17-20-43(59(40)71-54)61(2,3)4)51-36-47-46(65(11,12)28-29-66(47,13)14)35-49(51)68(57)60-58(41-34-45-48(37-55(41)72-60)67(15,16)30-27-64(45,9)10)69(52)39-23-24-42-44(33-39)63(7,8)26-25-62(42,5)6/h17-24,31-37H,25-30H2,1-16H3. The highest BCUT2D eigenvalue weighted by Crippen LogP contribution is 2.56. The Morgan fingerprint density at radius 2 is 1.06 bits per heavy atom. The number of para-hydroxylation sites is 1. The molecule has 8 aromatic rings. The Labute approximate surface area is 434 Å². The number of hydrogen-bond acceptors (Lipinski definition) is 4. The maximum Gasteiger partial charge on any atom is 0.264 e. The molecule has 0 saturated heterocycles. The molecule has 368 valence electrons. The van der Waals surface area contributed by atoms with Gasteiger partial charge in [-0.2, -0.15) is 0 Å². The van der Waals surface area contributed by atoms with Crippen molar-refractivity contribution in [3.05, 3.63) is 136 Å². The van der Waals surface area contributed by atoms with E-state index < -0.39 is 0 Å². The second kappa shape index (κ2) is 14.5. The first kappa shape index (κ1) is 46.5. The number of fused-ring (bicyclic) bond motifs is 12. The molecular formula is C67H75BN2OS. The van der Waals surface area contributed by atoms with E-state index in [0.29, 0.717) is 0 Å². The third-order valence-electron chi connectivity index (χ3n) is 19.4. The van der Waals surface area contributed by atoms with Crippen molar-refractivity contribution in [3.63, 3.8) is 0 Å². The quantitative estimate of drug-likeness (QED) is 0.161. The SMILES string of the molecule is Cc1cc2c3c(c1)N(c1cccc4oc5c(C(C)(C)C)cccc5c14)c1cc4c(cc1B3c1sc3cc5c(cc3c1N2c1ccc2c(c1)C(C)(C)CCC2(C)C)C(C)(C)CCC5(C)C)C(C)(C)CCC4(C)C. The van der Waals surface area contributed by atoms with E-state index in [-0.39, 0.29) is 44.6 Å². The van der Waals surface area contributed by atoms with Crippen molar-refractivity contribution >= 4 is 99.9 Å². The zero-order chi connectivity index (χ0) is 50.8. The molecule has 2 aromatic heterocycles. The van der Waals surface area contributed by atoms with Crippen LogP contribution >= 0.6 is 11.3 Å². The number of thiophene rings is 1. The zero-order valence-corrected chi connectivity index (χ0v) is 47.0. The maximum absolute atomic E-state index is 7.04. The molecule has 72 heavy (non-hydrogen) atoms. The lowest BCUT2D eigenvalue weighted by atomic mass is 9.35. The Hall–Kier alpha value is -5.26. The van der Waals surface area contributed by atoms with E-state index in [1.165, 1.54) is 147 Å². The minimum atomic E-state index is -0.0800. The summed E-state index contributed by atoms with van der Waals surface area (Å²) in [7, 11) is 0. The van der Waals surface area contributed by atoms with Crippen LogP contribution in [-0.4, -0.2) is 6.71 Å². The van der Waals surface area contributed by atoms with Crippen LogP contribution in [0.5, 0.6) is 0 Å². The van der Waals surface area contributed by atoms with Gasteiger partial charge in [-0.1, -0.05) is 140 Å². The van der Waals surface area contributed by atoms with Gasteiger partial charge in [-0.05, 0) is 188 Å². The van der Waals surface area contributed by atoms with Gasteiger partial charge < -0.3 is 14.2 Å². The smallest absolute Gasteiger partial charge is 0.264 e. The summed E-state index contributed by atoms with van der Waals surface area (Å²) in [4.78, 5) is 5.44. The van der Waals surface area contributed by atoms with E-state index >= 15 is 0 Å². The summed E-state index contributed by atoms with van der Waals surface area (Å²) in [5.74, 6) is 0. The molecule has 6 aromatic carbocycles. The average molecular weight is 967 g/mol. The summed E-state index contributed by atoms with van der Waals surface area (Å²) < 4.78 is 9.92. The molecule has 3 aliphatic carbocycles. The topological polar surface area (TPSA) is 19.6 Å². The van der Waals surface area contributed by atoms with Crippen molar-refractivity contribution in [1.82, 2.24) is 0 Å². The van der Waals surface area contributed by atoms with Crippen LogP contribution in [0.1, 0.15) is 187 Å². The number of rotatable bonds is 2. The summed E-state index contributed by atoms with van der Waals surface area (Å²) in [5, 5.41) is 3.76. The molecule has 3 nitrogen and oxygen atoms in total. The highest BCUT2D eigenvalue weighted by atomic mass is 32.1. The van der Waals surface area contributed by atoms with Crippen LogP contribution in [0, 0.1) is 6.92 Å². The highest BCUT2D eigenvalue weighted by molar-refractivity contribution is 7.33. The summed E-state index contributed by atoms with van der Waals surface area (Å²) >= 11 is 2.08. The van der Waals surface area contributed by atoms with Gasteiger partial charge in [0.15, 0.2) is 0 Å². The fourth-order valence-electron chi connectivity index (χ4n) is 14.6.